The molecule has 0 saturated heterocycles. The zero-order chi connectivity index (χ0) is 6.10. The number of rotatable bonds is 0. The Bertz CT molecular complexity index is 76.2. The molecule has 2 bridgehead atoms. The summed E-state index contributed by atoms with van der Waals surface area (Å²) in [6.07, 6.45) is 10.9. The first-order valence-electron chi connectivity index (χ1n) is 4.45. The molecule has 60 valence electrons. The van der Waals surface area contributed by atoms with E-state index in [2.05, 4.69) is 0 Å². The van der Waals surface area contributed by atoms with Gasteiger partial charge in [-0.1, -0.05) is 46.0 Å². The van der Waals surface area contributed by atoms with Crippen molar-refractivity contribution in [1.29, 1.82) is 0 Å². The topological polar surface area (TPSA) is 0 Å². The van der Waals surface area contributed by atoms with Crippen molar-refractivity contribution in [3.05, 3.63) is 0 Å². The summed E-state index contributed by atoms with van der Waals surface area (Å²) in [5.41, 5.74) is 0. The summed E-state index contributed by atoms with van der Waals surface area (Å²) in [7, 11) is 0. The van der Waals surface area contributed by atoms with E-state index >= 15 is 0 Å². The van der Waals surface area contributed by atoms with E-state index in [1.54, 1.807) is 32.1 Å². The van der Waals surface area contributed by atoms with E-state index in [1.807, 2.05) is 0 Å². The van der Waals surface area contributed by atoms with E-state index in [0.717, 1.165) is 11.8 Å². The fraction of sp³-hybridized carbons (Fsp3) is 1.00. The van der Waals surface area contributed by atoms with Crippen molar-refractivity contribution in [2.75, 3.05) is 0 Å². The van der Waals surface area contributed by atoms with Gasteiger partial charge < -0.3 is 0 Å². The van der Waals surface area contributed by atoms with Crippen LogP contribution >= 0.6 is 0 Å². The molecule has 0 unspecified atom stereocenters. The average molecular weight is 140 g/mol. The monoisotopic (exact) mass is 140 g/mol. The molecule has 0 aliphatic heterocycles. The molecular weight excluding hydrogens is 120 g/mol. The van der Waals surface area contributed by atoms with Crippen LogP contribution in [0.15, 0.2) is 0 Å². The summed E-state index contributed by atoms with van der Waals surface area (Å²) in [6.45, 7) is 0. The van der Waals surface area contributed by atoms with E-state index in [4.69, 9.17) is 0 Å². The molecule has 10 heavy (non-hydrogen) atoms. The second kappa shape index (κ2) is 3.41. The summed E-state index contributed by atoms with van der Waals surface area (Å²) in [5, 5.41) is 0. The molecule has 2 rings (SSSR count). The first-order chi connectivity index (χ1) is 4.45. The van der Waals surface area contributed by atoms with Crippen molar-refractivity contribution in [3.63, 3.8) is 0 Å². The highest BCUT2D eigenvalue weighted by molar-refractivity contribution is 4.77. The minimum Gasteiger partial charge on any atom is -0.0776 e. The molecule has 0 radical (unpaired) electrons. The van der Waals surface area contributed by atoms with Gasteiger partial charge in [0, 0.05) is 0 Å². The van der Waals surface area contributed by atoms with E-state index in [-0.39, 0.29) is 7.43 Å². The molecule has 0 aromatic carbocycles. The van der Waals surface area contributed by atoms with Gasteiger partial charge in [-0.25, -0.2) is 0 Å². The second-order valence-corrected chi connectivity index (χ2v) is 3.83. The van der Waals surface area contributed by atoms with Crippen LogP contribution in [0.1, 0.15) is 52.4 Å². The summed E-state index contributed by atoms with van der Waals surface area (Å²) < 4.78 is 0. The van der Waals surface area contributed by atoms with Crippen LogP contribution in [0.5, 0.6) is 0 Å². The SMILES string of the molecule is C.C1CC2CCCC(C1)C2. The average Bonchev–Trinajstić information content (AvgIpc) is 1.88. The molecule has 0 N–H and O–H groups in total. The molecule has 0 spiro atoms. The lowest BCUT2D eigenvalue weighted by atomic mass is 9.72. The van der Waals surface area contributed by atoms with Crippen molar-refractivity contribution in [2.45, 2.75) is 52.4 Å². The van der Waals surface area contributed by atoms with Crippen LogP contribution in [0.4, 0.5) is 0 Å². The van der Waals surface area contributed by atoms with Crippen molar-refractivity contribution < 1.29 is 0 Å². The van der Waals surface area contributed by atoms with E-state index in [9.17, 15) is 0 Å². The number of hydrogen-bond acceptors (Lipinski definition) is 0. The largest absolute Gasteiger partial charge is 0.0776 e. The van der Waals surface area contributed by atoms with Crippen molar-refractivity contribution in [1.82, 2.24) is 0 Å². The first-order valence-corrected chi connectivity index (χ1v) is 4.45. The standard InChI is InChI=1S/C9H16.CH4/c1-3-8-5-2-6-9(4-1)7-8;/h8-9H,1-7H2;1H4. The van der Waals surface area contributed by atoms with Gasteiger partial charge in [0.05, 0.1) is 0 Å². The fourth-order valence-corrected chi connectivity index (χ4v) is 2.62. The van der Waals surface area contributed by atoms with Crippen LogP contribution in [-0.2, 0) is 0 Å². The lowest BCUT2D eigenvalue weighted by Gasteiger charge is -2.33. The predicted octanol–water partition coefficient (Wildman–Crippen LogP) is 3.61. The lowest BCUT2D eigenvalue weighted by Crippen LogP contribution is -2.20. The number of hydrogen-bond donors (Lipinski definition) is 0. The molecule has 2 saturated carbocycles. The van der Waals surface area contributed by atoms with Crippen LogP contribution in [0, 0.1) is 11.8 Å². The van der Waals surface area contributed by atoms with Crippen molar-refractivity contribution in [3.8, 4) is 0 Å². The lowest BCUT2D eigenvalue weighted by molar-refractivity contribution is 0.190. The Morgan fingerprint density at radius 2 is 1.10 bits per heavy atom. The zero-order valence-electron chi connectivity index (χ0n) is 6.10. The Morgan fingerprint density at radius 3 is 1.40 bits per heavy atom. The maximum atomic E-state index is 1.58. The molecular formula is C10H20. The van der Waals surface area contributed by atoms with Crippen LogP contribution in [0.2, 0.25) is 0 Å². The smallest absolute Gasteiger partial charge is 0.0412 e. The van der Waals surface area contributed by atoms with Crippen LogP contribution in [0.3, 0.4) is 0 Å². The van der Waals surface area contributed by atoms with Gasteiger partial charge in [0.2, 0.25) is 0 Å². The van der Waals surface area contributed by atoms with Gasteiger partial charge in [-0.15, -0.1) is 0 Å². The second-order valence-electron chi connectivity index (χ2n) is 3.83. The minimum absolute atomic E-state index is 0. The van der Waals surface area contributed by atoms with Gasteiger partial charge in [0.25, 0.3) is 0 Å². The van der Waals surface area contributed by atoms with Gasteiger partial charge in [0.1, 0.15) is 0 Å². The van der Waals surface area contributed by atoms with E-state index in [0.29, 0.717) is 0 Å². The summed E-state index contributed by atoms with van der Waals surface area (Å²) in [6, 6.07) is 0. The normalized spacial score (nSPS) is 38.4. The first kappa shape index (κ1) is 8.10. The Balaban J connectivity index is 0.000000500. The minimum atomic E-state index is 0. The number of fused-ring (bicyclic) bond motifs is 2. The van der Waals surface area contributed by atoms with Crippen LogP contribution < -0.4 is 0 Å². The molecule has 0 heteroatoms. The Hall–Kier alpha value is 0. The van der Waals surface area contributed by atoms with Gasteiger partial charge >= 0.3 is 0 Å². The van der Waals surface area contributed by atoms with Crippen molar-refractivity contribution in [2.24, 2.45) is 11.8 Å². The third-order valence-electron chi connectivity index (χ3n) is 3.12. The molecule has 2 aliphatic rings. The molecule has 0 amide bonds. The van der Waals surface area contributed by atoms with Gasteiger partial charge in [0.15, 0.2) is 0 Å². The third-order valence-corrected chi connectivity index (χ3v) is 3.12. The summed E-state index contributed by atoms with van der Waals surface area (Å²) in [4.78, 5) is 0. The highest BCUT2D eigenvalue weighted by atomic mass is 14.3. The summed E-state index contributed by atoms with van der Waals surface area (Å²) >= 11 is 0. The van der Waals surface area contributed by atoms with E-state index in [1.165, 1.54) is 12.8 Å². The maximum absolute atomic E-state index is 1.58. The van der Waals surface area contributed by atoms with Gasteiger partial charge in [-0.2, -0.15) is 0 Å². The molecule has 2 fully saturated rings. The third kappa shape index (κ3) is 1.53. The molecule has 0 aromatic rings. The molecule has 0 heterocycles. The molecule has 0 nitrogen and oxygen atoms in total. The summed E-state index contributed by atoms with van der Waals surface area (Å²) in [5.74, 6) is 2.30. The van der Waals surface area contributed by atoms with Crippen molar-refractivity contribution >= 4 is 0 Å². The maximum Gasteiger partial charge on any atom is -0.0412 e. The molecule has 0 atom stereocenters. The predicted molar refractivity (Wildman–Crippen MR) is 46.0 cm³/mol. The zero-order valence-corrected chi connectivity index (χ0v) is 6.10. The highest BCUT2D eigenvalue weighted by Crippen LogP contribution is 2.39. The Morgan fingerprint density at radius 1 is 0.700 bits per heavy atom. The fourth-order valence-electron chi connectivity index (χ4n) is 2.62. The molecule has 2 aliphatic carbocycles. The Kier molecular flexibility index (Phi) is 2.76. The van der Waals surface area contributed by atoms with Gasteiger partial charge in [-0.05, 0) is 18.3 Å². The molecule has 0 aromatic heterocycles. The van der Waals surface area contributed by atoms with Crippen LogP contribution in [-0.4, -0.2) is 0 Å². The van der Waals surface area contributed by atoms with Gasteiger partial charge in [-0.3, -0.25) is 0 Å². The van der Waals surface area contributed by atoms with E-state index < -0.39 is 0 Å². The highest BCUT2D eigenvalue weighted by Gasteiger charge is 2.25. The quantitative estimate of drug-likeness (QED) is 0.482. The van der Waals surface area contributed by atoms with Crippen LogP contribution in [0.25, 0.3) is 0 Å². The Labute approximate surface area is 65.0 Å².